The van der Waals surface area contributed by atoms with E-state index in [1.807, 2.05) is 7.11 Å². The summed E-state index contributed by atoms with van der Waals surface area (Å²) in [4.78, 5) is 0. The average Bonchev–Trinajstić information content (AvgIpc) is 2.22. The first-order valence-corrected chi connectivity index (χ1v) is 8.43. The third-order valence-electron chi connectivity index (χ3n) is 2.92. The Morgan fingerprint density at radius 1 is 1.14 bits per heavy atom. The zero-order valence-electron chi connectivity index (χ0n) is 10.1. The number of hydrogen-bond donors (Lipinski definition) is 0. The minimum Gasteiger partial charge on any atom is -0.420 e. The van der Waals surface area contributed by atoms with Gasteiger partial charge in [0.25, 0.3) is 0 Å². The van der Waals surface area contributed by atoms with Crippen LogP contribution in [0.25, 0.3) is 0 Å². The molecule has 2 heteroatoms. The second-order valence-corrected chi connectivity index (χ2v) is 8.27. The summed E-state index contributed by atoms with van der Waals surface area (Å²) >= 11 is 0. The quantitative estimate of drug-likeness (QED) is 0.409. The molecule has 0 amide bonds. The fourth-order valence-electron chi connectivity index (χ4n) is 1.88. The van der Waals surface area contributed by atoms with Gasteiger partial charge in [-0.2, -0.15) is 0 Å². The van der Waals surface area contributed by atoms with Gasteiger partial charge in [0.05, 0.1) is 0 Å². The van der Waals surface area contributed by atoms with Crippen LogP contribution in [0.4, 0.5) is 0 Å². The van der Waals surface area contributed by atoms with Crippen molar-refractivity contribution in [3.05, 3.63) is 12.7 Å². The van der Waals surface area contributed by atoms with Gasteiger partial charge in [0.15, 0.2) is 8.32 Å². The van der Waals surface area contributed by atoms with E-state index in [0.717, 1.165) is 6.04 Å². The molecule has 0 bridgehead atoms. The van der Waals surface area contributed by atoms with E-state index < -0.39 is 8.32 Å². The van der Waals surface area contributed by atoms with Crippen LogP contribution in [0.1, 0.15) is 39.5 Å². The monoisotopic (exact) mass is 214 g/mol. The van der Waals surface area contributed by atoms with Crippen molar-refractivity contribution in [3.8, 4) is 0 Å². The molecule has 0 saturated carbocycles. The summed E-state index contributed by atoms with van der Waals surface area (Å²) in [5, 5.41) is 0. The summed E-state index contributed by atoms with van der Waals surface area (Å²) in [6, 6.07) is 3.75. The Hall–Kier alpha value is -0.0831. The van der Waals surface area contributed by atoms with Gasteiger partial charge < -0.3 is 4.43 Å². The summed E-state index contributed by atoms with van der Waals surface area (Å²) in [7, 11) is 0.474. The van der Waals surface area contributed by atoms with Crippen molar-refractivity contribution in [2.45, 2.75) is 57.7 Å². The smallest absolute Gasteiger partial charge is 0.195 e. The van der Waals surface area contributed by atoms with E-state index in [2.05, 4.69) is 26.5 Å². The normalized spacial score (nSPS) is 11.6. The van der Waals surface area contributed by atoms with Gasteiger partial charge in [-0.3, -0.25) is 0 Å². The molecule has 14 heavy (non-hydrogen) atoms. The van der Waals surface area contributed by atoms with E-state index in [9.17, 15) is 0 Å². The summed E-state index contributed by atoms with van der Waals surface area (Å²) in [6.07, 6.45) is 7.25. The van der Waals surface area contributed by atoms with E-state index in [0.29, 0.717) is 0 Å². The van der Waals surface area contributed by atoms with Gasteiger partial charge in [-0.25, -0.2) is 0 Å². The van der Waals surface area contributed by atoms with Crippen LogP contribution in [0.2, 0.25) is 18.1 Å². The first kappa shape index (κ1) is 13.9. The highest BCUT2D eigenvalue weighted by atomic mass is 28.4. The third-order valence-corrected chi connectivity index (χ3v) is 7.35. The van der Waals surface area contributed by atoms with Crippen LogP contribution in [-0.4, -0.2) is 15.4 Å². The van der Waals surface area contributed by atoms with Crippen LogP contribution < -0.4 is 0 Å². The Balaban J connectivity index is 4.17. The average molecular weight is 214 g/mol. The molecule has 0 aliphatic heterocycles. The van der Waals surface area contributed by atoms with Crippen LogP contribution in [0.3, 0.4) is 0 Å². The zero-order valence-corrected chi connectivity index (χ0v) is 11.1. The fourth-order valence-corrected chi connectivity index (χ4v) is 5.63. The van der Waals surface area contributed by atoms with Crippen LogP contribution in [0.5, 0.6) is 0 Å². The Kier molecular flexibility index (Phi) is 8.19. The Labute approximate surface area is 90.7 Å². The van der Waals surface area contributed by atoms with Crippen LogP contribution in [0.15, 0.2) is 12.7 Å². The lowest BCUT2D eigenvalue weighted by atomic mass is 10.4. The van der Waals surface area contributed by atoms with E-state index >= 15 is 0 Å². The van der Waals surface area contributed by atoms with E-state index in [-0.39, 0.29) is 0 Å². The second kappa shape index (κ2) is 8.24. The molecule has 0 aromatic carbocycles. The predicted molar refractivity (Wildman–Crippen MR) is 67.2 cm³/mol. The maximum Gasteiger partial charge on any atom is 0.195 e. The number of rotatable bonds is 9. The van der Waals surface area contributed by atoms with E-state index in [1.165, 1.54) is 37.8 Å². The molecule has 0 aromatic heterocycles. The second-order valence-electron chi connectivity index (χ2n) is 4.09. The van der Waals surface area contributed by atoms with Gasteiger partial charge in [-0.05, 0) is 18.1 Å². The Morgan fingerprint density at radius 2 is 1.64 bits per heavy atom. The molecule has 0 unspecified atom stereocenters. The molecule has 0 atom stereocenters. The predicted octanol–water partition coefficient (Wildman–Crippen LogP) is 4.36. The molecule has 0 radical (unpaired) electrons. The van der Waals surface area contributed by atoms with Crippen LogP contribution in [0, 0.1) is 0 Å². The molecule has 0 N–H and O–H groups in total. The van der Waals surface area contributed by atoms with Gasteiger partial charge in [0, 0.05) is 7.11 Å². The highest BCUT2D eigenvalue weighted by Gasteiger charge is 2.30. The number of allylic oxidation sites excluding steroid dienone is 1. The summed E-state index contributed by atoms with van der Waals surface area (Å²) in [5.41, 5.74) is 0. The first-order chi connectivity index (χ1) is 6.74. The molecule has 0 aromatic rings. The van der Waals surface area contributed by atoms with Gasteiger partial charge in [0.2, 0.25) is 0 Å². The van der Waals surface area contributed by atoms with Crippen molar-refractivity contribution >= 4 is 8.32 Å². The Morgan fingerprint density at radius 3 is 1.93 bits per heavy atom. The molecular weight excluding hydrogens is 188 g/mol. The highest BCUT2D eigenvalue weighted by molar-refractivity contribution is 6.74. The zero-order chi connectivity index (χ0) is 10.9. The van der Waals surface area contributed by atoms with Crippen molar-refractivity contribution in [3.63, 3.8) is 0 Å². The van der Waals surface area contributed by atoms with Gasteiger partial charge in [-0.15, -0.1) is 6.58 Å². The van der Waals surface area contributed by atoms with E-state index in [1.54, 1.807) is 0 Å². The van der Waals surface area contributed by atoms with Crippen molar-refractivity contribution in [1.29, 1.82) is 0 Å². The van der Waals surface area contributed by atoms with Crippen molar-refractivity contribution in [2.24, 2.45) is 0 Å². The minimum atomic E-state index is -1.43. The lowest BCUT2D eigenvalue weighted by Crippen LogP contribution is -2.36. The topological polar surface area (TPSA) is 9.23 Å². The number of unbranched alkanes of at least 4 members (excludes halogenated alkanes) is 2. The maximum absolute atomic E-state index is 5.85. The van der Waals surface area contributed by atoms with Crippen LogP contribution in [-0.2, 0) is 4.43 Å². The molecule has 0 heterocycles. The lowest BCUT2D eigenvalue weighted by molar-refractivity contribution is 0.388. The standard InChI is InChI=1S/C12H26OSi/c1-5-8-11-14(13-4,10-7-3)12-9-6-2/h7H,3,5-6,8-12H2,1-2,4H3. The molecule has 0 aliphatic carbocycles. The van der Waals surface area contributed by atoms with Crippen molar-refractivity contribution in [1.82, 2.24) is 0 Å². The van der Waals surface area contributed by atoms with Gasteiger partial charge >= 0.3 is 0 Å². The number of hydrogen-bond acceptors (Lipinski definition) is 1. The van der Waals surface area contributed by atoms with Crippen molar-refractivity contribution in [2.75, 3.05) is 7.11 Å². The summed E-state index contributed by atoms with van der Waals surface area (Å²) < 4.78 is 5.85. The Bertz CT molecular complexity index is 137. The molecule has 0 rings (SSSR count). The maximum atomic E-state index is 5.85. The SMILES string of the molecule is C=CC[Si](CCCC)(CCCC)OC. The highest BCUT2D eigenvalue weighted by Crippen LogP contribution is 2.26. The van der Waals surface area contributed by atoms with Gasteiger partial charge in [0.1, 0.15) is 0 Å². The molecule has 0 fully saturated rings. The molecule has 0 spiro atoms. The van der Waals surface area contributed by atoms with Gasteiger partial charge in [-0.1, -0.05) is 45.6 Å². The van der Waals surface area contributed by atoms with Crippen LogP contribution >= 0.6 is 0 Å². The van der Waals surface area contributed by atoms with Crippen molar-refractivity contribution < 1.29 is 4.43 Å². The molecule has 1 nitrogen and oxygen atoms in total. The van der Waals surface area contributed by atoms with E-state index in [4.69, 9.17) is 4.43 Å². The largest absolute Gasteiger partial charge is 0.420 e. The summed E-state index contributed by atoms with van der Waals surface area (Å²) in [6.45, 7) is 8.37. The minimum absolute atomic E-state index is 1.13. The molecular formula is C12H26OSi. The first-order valence-electron chi connectivity index (χ1n) is 5.90. The third kappa shape index (κ3) is 4.96. The fraction of sp³-hybridized carbons (Fsp3) is 0.833. The molecule has 0 aliphatic rings. The lowest BCUT2D eigenvalue weighted by Gasteiger charge is -2.28. The molecule has 84 valence electrons. The summed E-state index contributed by atoms with van der Waals surface area (Å²) in [5.74, 6) is 0. The molecule has 0 saturated heterocycles.